The number of nitrogens with zero attached hydrogens (tertiary/aromatic N) is 2. The molecule has 1 aliphatic heterocycles. The van der Waals surface area contributed by atoms with Gasteiger partial charge in [-0.1, -0.05) is 12.1 Å². The van der Waals surface area contributed by atoms with Crippen molar-refractivity contribution < 1.29 is 22.8 Å². The van der Waals surface area contributed by atoms with Crippen molar-refractivity contribution in [2.75, 3.05) is 6.61 Å². The molecule has 132 valence electrons. The first-order chi connectivity index (χ1) is 12.7. The molecule has 3 heterocycles. The number of furan rings is 2. The Bertz CT molecular complexity index is 919. The highest BCUT2D eigenvalue weighted by Crippen LogP contribution is 2.33. The van der Waals surface area contributed by atoms with Gasteiger partial charge in [-0.05, 0) is 36.4 Å². The van der Waals surface area contributed by atoms with Crippen molar-refractivity contribution in [3.8, 4) is 5.75 Å². The largest absolute Gasteiger partial charge is 0.481 e. The summed E-state index contributed by atoms with van der Waals surface area (Å²) in [5.74, 6) is 0.284. The van der Waals surface area contributed by atoms with Crippen LogP contribution in [0.15, 0.2) is 75.0 Å². The molecule has 1 unspecified atom stereocenters. The molecular formula is C19H15FN2O4. The Hall–Kier alpha value is -3.35. The molecule has 0 fully saturated rings. The Morgan fingerprint density at radius 3 is 2.69 bits per heavy atom. The van der Waals surface area contributed by atoms with Crippen LogP contribution in [-0.4, -0.2) is 23.2 Å². The lowest BCUT2D eigenvalue weighted by molar-refractivity contribution is -0.135. The van der Waals surface area contributed by atoms with Gasteiger partial charge in [-0.15, -0.1) is 0 Å². The third-order valence-electron chi connectivity index (χ3n) is 4.03. The molecule has 2 aromatic heterocycles. The molecule has 1 amide bonds. The quantitative estimate of drug-likeness (QED) is 0.699. The monoisotopic (exact) mass is 354 g/mol. The summed E-state index contributed by atoms with van der Waals surface area (Å²) >= 11 is 0. The molecule has 6 nitrogen and oxygen atoms in total. The van der Waals surface area contributed by atoms with E-state index in [0.29, 0.717) is 23.7 Å². The Morgan fingerprint density at radius 2 is 1.96 bits per heavy atom. The van der Waals surface area contributed by atoms with Gasteiger partial charge in [0.05, 0.1) is 12.5 Å². The second-order valence-corrected chi connectivity index (χ2v) is 5.72. The number of rotatable bonds is 5. The molecule has 4 rings (SSSR count). The molecule has 1 aromatic carbocycles. The van der Waals surface area contributed by atoms with Crippen molar-refractivity contribution in [2.24, 2.45) is 5.10 Å². The van der Waals surface area contributed by atoms with E-state index in [4.69, 9.17) is 13.6 Å². The molecule has 0 aliphatic carbocycles. The van der Waals surface area contributed by atoms with E-state index < -0.39 is 17.8 Å². The van der Waals surface area contributed by atoms with Crippen molar-refractivity contribution in [1.82, 2.24) is 5.01 Å². The average Bonchev–Trinajstić information content (AvgIpc) is 3.41. The SMILES string of the molecule is O=C(COc1ccccc1F)N1N=C(c2ccco2)CC1c1ccco1. The summed E-state index contributed by atoms with van der Waals surface area (Å²) in [6.07, 6.45) is 3.54. The summed E-state index contributed by atoms with van der Waals surface area (Å²) in [7, 11) is 0. The number of benzene rings is 1. The summed E-state index contributed by atoms with van der Waals surface area (Å²) in [4.78, 5) is 12.6. The van der Waals surface area contributed by atoms with Crippen LogP contribution < -0.4 is 4.74 Å². The predicted octanol–water partition coefficient (Wildman–Crippen LogP) is 3.77. The van der Waals surface area contributed by atoms with Crippen LogP contribution in [0, 0.1) is 5.82 Å². The highest BCUT2D eigenvalue weighted by molar-refractivity contribution is 6.01. The predicted molar refractivity (Wildman–Crippen MR) is 90.1 cm³/mol. The maximum absolute atomic E-state index is 13.7. The lowest BCUT2D eigenvalue weighted by atomic mass is 10.1. The molecule has 1 aliphatic rings. The van der Waals surface area contributed by atoms with Gasteiger partial charge in [0.25, 0.3) is 5.91 Å². The smallest absolute Gasteiger partial charge is 0.281 e. The molecule has 0 bridgehead atoms. The van der Waals surface area contributed by atoms with E-state index in [9.17, 15) is 9.18 Å². The van der Waals surface area contributed by atoms with E-state index in [-0.39, 0.29) is 12.4 Å². The summed E-state index contributed by atoms with van der Waals surface area (Å²) in [5, 5.41) is 5.68. The minimum Gasteiger partial charge on any atom is -0.481 e. The van der Waals surface area contributed by atoms with Gasteiger partial charge in [0.15, 0.2) is 18.2 Å². The number of carbonyl (C=O) groups is 1. The zero-order chi connectivity index (χ0) is 17.9. The van der Waals surface area contributed by atoms with E-state index in [2.05, 4.69) is 5.10 Å². The van der Waals surface area contributed by atoms with E-state index >= 15 is 0 Å². The van der Waals surface area contributed by atoms with E-state index in [0.717, 1.165) is 0 Å². The van der Waals surface area contributed by atoms with Crippen LogP contribution in [0.5, 0.6) is 5.75 Å². The van der Waals surface area contributed by atoms with E-state index in [1.54, 1.807) is 48.9 Å². The lowest BCUT2D eigenvalue weighted by Gasteiger charge is -2.20. The van der Waals surface area contributed by atoms with Crippen molar-refractivity contribution in [2.45, 2.75) is 12.5 Å². The average molecular weight is 354 g/mol. The molecule has 0 saturated carbocycles. The third kappa shape index (κ3) is 3.11. The van der Waals surface area contributed by atoms with Gasteiger partial charge < -0.3 is 13.6 Å². The maximum Gasteiger partial charge on any atom is 0.281 e. The zero-order valence-corrected chi connectivity index (χ0v) is 13.7. The Morgan fingerprint density at radius 1 is 1.15 bits per heavy atom. The standard InChI is InChI=1S/C19H15FN2O4/c20-13-5-1-2-6-16(13)26-12-19(23)22-15(18-8-4-10-25-18)11-14(21-22)17-7-3-9-24-17/h1-10,15H,11-12H2. The molecule has 26 heavy (non-hydrogen) atoms. The second-order valence-electron chi connectivity index (χ2n) is 5.72. The first-order valence-corrected chi connectivity index (χ1v) is 8.06. The fourth-order valence-corrected chi connectivity index (χ4v) is 2.80. The number of halogens is 1. The number of para-hydroxylation sites is 1. The Labute approximate surface area is 148 Å². The number of hydrogen-bond acceptors (Lipinski definition) is 5. The normalized spacial score (nSPS) is 16.6. The van der Waals surface area contributed by atoms with Gasteiger partial charge in [0, 0.05) is 6.42 Å². The van der Waals surface area contributed by atoms with Crippen molar-refractivity contribution in [1.29, 1.82) is 0 Å². The summed E-state index contributed by atoms with van der Waals surface area (Å²) in [6, 6.07) is 12.6. The topological polar surface area (TPSA) is 68.2 Å². The van der Waals surface area contributed by atoms with Crippen molar-refractivity contribution >= 4 is 11.6 Å². The number of ether oxygens (including phenoxy) is 1. The van der Waals surface area contributed by atoms with Crippen LogP contribution in [-0.2, 0) is 4.79 Å². The highest BCUT2D eigenvalue weighted by Gasteiger charge is 2.35. The molecule has 3 aromatic rings. The van der Waals surface area contributed by atoms with Crippen molar-refractivity contribution in [3.63, 3.8) is 0 Å². The molecule has 7 heteroatoms. The fraction of sp³-hybridized carbons (Fsp3) is 0.158. The van der Waals surface area contributed by atoms with Crippen LogP contribution in [0.3, 0.4) is 0 Å². The number of hydrogen-bond donors (Lipinski definition) is 0. The van der Waals surface area contributed by atoms with Gasteiger partial charge >= 0.3 is 0 Å². The van der Waals surface area contributed by atoms with Crippen LogP contribution >= 0.6 is 0 Å². The maximum atomic E-state index is 13.7. The molecule has 0 spiro atoms. The number of hydrazone groups is 1. The first-order valence-electron chi connectivity index (χ1n) is 8.06. The Balaban J connectivity index is 1.54. The lowest BCUT2D eigenvalue weighted by Crippen LogP contribution is -2.31. The highest BCUT2D eigenvalue weighted by atomic mass is 19.1. The molecule has 1 atom stereocenters. The van der Waals surface area contributed by atoms with Crippen LogP contribution in [0.2, 0.25) is 0 Å². The fourth-order valence-electron chi connectivity index (χ4n) is 2.80. The summed E-state index contributed by atoms with van der Waals surface area (Å²) < 4.78 is 29.8. The minimum absolute atomic E-state index is 0.0184. The second kappa shape index (κ2) is 6.87. The van der Waals surface area contributed by atoms with Crippen LogP contribution in [0.1, 0.15) is 24.0 Å². The first kappa shape index (κ1) is 16.1. The summed E-state index contributed by atoms with van der Waals surface area (Å²) in [6.45, 7) is -0.340. The van der Waals surface area contributed by atoms with Crippen molar-refractivity contribution in [3.05, 3.63) is 78.4 Å². The zero-order valence-electron chi connectivity index (χ0n) is 13.7. The van der Waals surface area contributed by atoms with Gasteiger partial charge in [-0.2, -0.15) is 5.10 Å². The van der Waals surface area contributed by atoms with Gasteiger partial charge in [-0.3, -0.25) is 4.79 Å². The van der Waals surface area contributed by atoms with Gasteiger partial charge in [0.1, 0.15) is 23.3 Å². The number of carbonyl (C=O) groups excluding carboxylic acids is 1. The molecule has 0 N–H and O–H groups in total. The third-order valence-corrected chi connectivity index (χ3v) is 4.03. The molecular weight excluding hydrogens is 339 g/mol. The molecule has 0 saturated heterocycles. The van der Waals surface area contributed by atoms with Crippen LogP contribution in [0.25, 0.3) is 0 Å². The summed E-state index contributed by atoms with van der Waals surface area (Å²) in [5.41, 5.74) is 0.635. The number of amides is 1. The van der Waals surface area contributed by atoms with Crippen LogP contribution in [0.4, 0.5) is 4.39 Å². The van der Waals surface area contributed by atoms with E-state index in [1.165, 1.54) is 17.1 Å². The van der Waals surface area contributed by atoms with Gasteiger partial charge in [-0.25, -0.2) is 9.40 Å². The molecule has 0 radical (unpaired) electrons. The minimum atomic E-state index is -0.524. The Kier molecular flexibility index (Phi) is 4.27. The van der Waals surface area contributed by atoms with Gasteiger partial charge in [0.2, 0.25) is 0 Å². The van der Waals surface area contributed by atoms with E-state index in [1.807, 2.05) is 0 Å².